The third-order valence-corrected chi connectivity index (χ3v) is 16.1. The van der Waals surface area contributed by atoms with Gasteiger partial charge in [-0.3, -0.25) is 0 Å². The molecule has 68 heavy (non-hydrogen) atoms. The second-order valence-electron chi connectivity index (χ2n) is 17.6. The molecule has 2 aliphatic rings. The van der Waals surface area contributed by atoms with Gasteiger partial charge in [-0.15, -0.1) is 0 Å². The number of nitrogens with zero attached hydrogens (tertiary/aromatic N) is 2. The first-order valence-electron chi connectivity index (χ1n) is 23.2. The van der Waals surface area contributed by atoms with Crippen LogP contribution in [0.3, 0.4) is 0 Å². The number of anilines is 6. The molecule has 0 radical (unpaired) electrons. The van der Waals surface area contributed by atoms with E-state index in [1.807, 2.05) is 23.5 Å². The molecular formula is C64H40N2S2. The molecule has 0 atom stereocenters. The standard InChI is InChI=1S/C64H40N2S2/c1-2-17-41(18-3-1)46-37-38-50(48-23-7-6-22-47(46)48)64-52-36-34-43(65-55-25-8-12-29-59(55)67-60-30-13-9-26-56(60)65)39-53(52)63(49-24-16-20-42-19-4-5-21-45(42)49)51-35-33-44(40-54(51)64)66-57-27-10-14-31-61(57)68-62-32-15-11-28-58(62)66/h1-40H. The van der Waals surface area contributed by atoms with Crippen molar-refractivity contribution in [3.8, 4) is 33.4 Å². The van der Waals surface area contributed by atoms with E-state index in [1.54, 1.807) is 0 Å². The van der Waals surface area contributed by atoms with Crippen molar-refractivity contribution >= 4 is 101 Å². The van der Waals surface area contributed by atoms with E-state index in [-0.39, 0.29) is 0 Å². The summed E-state index contributed by atoms with van der Waals surface area (Å²) in [4.78, 5) is 9.92. The summed E-state index contributed by atoms with van der Waals surface area (Å²) in [5, 5.41) is 9.76. The van der Waals surface area contributed by atoms with Gasteiger partial charge in [-0.1, -0.05) is 193 Å². The molecule has 0 aliphatic carbocycles. The van der Waals surface area contributed by atoms with E-state index in [0.717, 1.165) is 11.4 Å². The minimum absolute atomic E-state index is 1.13. The van der Waals surface area contributed by atoms with E-state index >= 15 is 0 Å². The molecule has 0 saturated carbocycles. The predicted octanol–water partition coefficient (Wildman–Crippen LogP) is 19.2. The van der Waals surface area contributed by atoms with Gasteiger partial charge in [0, 0.05) is 31.0 Å². The molecule has 0 N–H and O–H groups in total. The van der Waals surface area contributed by atoms with Crippen LogP contribution in [0.1, 0.15) is 0 Å². The van der Waals surface area contributed by atoms with Gasteiger partial charge >= 0.3 is 0 Å². The Kier molecular flexibility index (Phi) is 9.11. The Bertz CT molecular complexity index is 3910. The van der Waals surface area contributed by atoms with Crippen LogP contribution in [-0.2, 0) is 0 Å². The zero-order valence-electron chi connectivity index (χ0n) is 36.8. The van der Waals surface area contributed by atoms with Crippen molar-refractivity contribution in [3.63, 3.8) is 0 Å². The normalized spacial score (nSPS) is 12.8. The number of benzene rings is 12. The number of hydrogen-bond acceptors (Lipinski definition) is 4. The summed E-state index contributed by atoms with van der Waals surface area (Å²) in [7, 11) is 0. The van der Waals surface area contributed by atoms with E-state index in [9.17, 15) is 0 Å². The summed E-state index contributed by atoms with van der Waals surface area (Å²) < 4.78 is 0. The van der Waals surface area contributed by atoms with Gasteiger partial charge in [0.1, 0.15) is 0 Å². The smallest absolute Gasteiger partial charge is 0.0601 e. The molecule has 4 heteroatoms. The highest BCUT2D eigenvalue weighted by Gasteiger charge is 2.29. The summed E-state index contributed by atoms with van der Waals surface area (Å²) in [6.45, 7) is 0. The summed E-state index contributed by atoms with van der Waals surface area (Å²) >= 11 is 3.69. The summed E-state index contributed by atoms with van der Waals surface area (Å²) in [6, 6.07) is 89.9. The Labute approximate surface area is 403 Å². The van der Waals surface area contributed by atoms with E-state index in [2.05, 4.69) is 252 Å². The number of fused-ring (bicyclic) bond motifs is 8. The minimum Gasteiger partial charge on any atom is -0.308 e. The minimum atomic E-state index is 1.13. The van der Waals surface area contributed by atoms with Crippen molar-refractivity contribution in [2.24, 2.45) is 0 Å². The van der Waals surface area contributed by atoms with Crippen molar-refractivity contribution in [1.29, 1.82) is 0 Å². The monoisotopic (exact) mass is 900 g/mol. The lowest BCUT2D eigenvalue weighted by molar-refractivity contribution is 1.17. The first kappa shape index (κ1) is 39.2. The van der Waals surface area contributed by atoms with Gasteiger partial charge in [0.25, 0.3) is 0 Å². The van der Waals surface area contributed by atoms with Crippen LogP contribution in [0.15, 0.2) is 262 Å². The first-order valence-corrected chi connectivity index (χ1v) is 24.8. The van der Waals surface area contributed by atoms with Gasteiger partial charge < -0.3 is 9.80 Å². The molecule has 0 unspecified atom stereocenters. The lowest BCUT2D eigenvalue weighted by Gasteiger charge is -2.34. The van der Waals surface area contributed by atoms with Crippen LogP contribution in [-0.4, -0.2) is 0 Å². The maximum absolute atomic E-state index is 2.48. The van der Waals surface area contributed by atoms with Crippen LogP contribution in [0.25, 0.3) is 76.5 Å². The molecule has 0 spiro atoms. The van der Waals surface area contributed by atoms with Crippen molar-refractivity contribution in [2.75, 3.05) is 9.80 Å². The van der Waals surface area contributed by atoms with E-state index in [1.165, 1.54) is 119 Å². The predicted molar refractivity (Wildman–Crippen MR) is 290 cm³/mol. The molecule has 0 aromatic heterocycles. The van der Waals surface area contributed by atoms with Crippen molar-refractivity contribution in [3.05, 3.63) is 243 Å². The number of rotatable bonds is 5. The maximum atomic E-state index is 2.48. The molecule has 0 amide bonds. The topological polar surface area (TPSA) is 6.48 Å². The third kappa shape index (κ3) is 6.15. The quantitative estimate of drug-likeness (QED) is 0.159. The van der Waals surface area contributed by atoms with Crippen LogP contribution >= 0.6 is 23.5 Å². The first-order chi connectivity index (χ1) is 33.7. The third-order valence-electron chi connectivity index (χ3n) is 13.8. The molecule has 12 aromatic carbocycles. The summed E-state index contributed by atoms with van der Waals surface area (Å²) in [5.41, 5.74) is 14.4. The van der Waals surface area contributed by atoms with Gasteiger partial charge in [0.2, 0.25) is 0 Å². The molecule has 0 fully saturated rings. The molecule has 318 valence electrons. The van der Waals surface area contributed by atoms with Crippen molar-refractivity contribution in [2.45, 2.75) is 19.6 Å². The van der Waals surface area contributed by atoms with Gasteiger partial charge in [-0.2, -0.15) is 0 Å². The van der Waals surface area contributed by atoms with Crippen LogP contribution in [0.4, 0.5) is 34.1 Å². The van der Waals surface area contributed by atoms with Gasteiger partial charge in [0.05, 0.1) is 22.7 Å². The molecule has 2 heterocycles. The highest BCUT2D eigenvalue weighted by molar-refractivity contribution is 8.00. The summed E-state index contributed by atoms with van der Waals surface area (Å²) in [5.74, 6) is 0. The fourth-order valence-electron chi connectivity index (χ4n) is 10.9. The highest BCUT2D eigenvalue weighted by atomic mass is 32.2. The van der Waals surface area contributed by atoms with Crippen LogP contribution in [0.2, 0.25) is 0 Å². The Morgan fingerprint density at radius 2 is 0.647 bits per heavy atom. The Balaban J connectivity index is 1.13. The zero-order valence-corrected chi connectivity index (χ0v) is 38.4. The Hall–Kier alpha value is -8.02. The van der Waals surface area contributed by atoms with Crippen molar-refractivity contribution < 1.29 is 0 Å². The molecule has 14 rings (SSSR count). The molecule has 0 bridgehead atoms. The van der Waals surface area contributed by atoms with E-state index < -0.39 is 0 Å². The van der Waals surface area contributed by atoms with Crippen molar-refractivity contribution in [1.82, 2.24) is 0 Å². The molecule has 12 aromatic rings. The molecule has 0 saturated heterocycles. The maximum Gasteiger partial charge on any atom is 0.0601 e. The van der Waals surface area contributed by atoms with Crippen LogP contribution in [0.5, 0.6) is 0 Å². The van der Waals surface area contributed by atoms with Gasteiger partial charge in [-0.25, -0.2) is 0 Å². The number of hydrogen-bond donors (Lipinski definition) is 0. The van der Waals surface area contributed by atoms with E-state index in [4.69, 9.17) is 0 Å². The van der Waals surface area contributed by atoms with E-state index in [0.29, 0.717) is 0 Å². The van der Waals surface area contributed by atoms with Crippen LogP contribution in [0, 0.1) is 0 Å². The lowest BCUT2D eigenvalue weighted by Crippen LogP contribution is -2.15. The van der Waals surface area contributed by atoms with Crippen LogP contribution < -0.4 is 9.80 Å². The second kappa shape index (κ2) is 15.8. The molecular weight excluding hydrogens is 861 g/mol. The van der Waals surface area contributed by atoms with Gasteiger partial charge in [-0.05, 0) is 149 Å². The van der Waals surface area contributed by atoms with Gasteiger partial charge in [0.15, 0.2) is 0 Å². The Morgan fingerprint density at radius 3 is 1.18 bits per heavy atom. The fourth-order valence-corrected chi connectivity index (χ4v) is 13.0. The summed E-state index contributed by atoms with van der Waals surface area (Å²) in [6.07, 6.45) is 0. The lowest BCUT2D eigenvalue weighted by atomic mass is 9.82. The second-order valence-corrected chi connectivity index (χ2v) is 19.7. The fraction of sp³-hybridized carbons (Fsp3) is 0. The number of para-hydroxylation sites is 4. The average Bonchev–Trinajstić information content (AvgIpc) is 3.40. The highest BCUT2D eigenvalue weighted by Crippen LogP contribution is 2.56. The molecule has 2 aliphatic heterocycles. The SMILES string of the molecule is c1ccc(-c2ccc(-c3c4ccc(N5c6ccccc6Sc6ccccc65)cc4c(-c4cccc5ccccc45)c4ccc(N5c6ccccc6Sc6ccccc65)cc34)c3ccccc23)cc1. The largest absolute Gasteiger partial charge is 0.308 e. The zero-order chi connectivity index (χ0) is 44.7. The molecule has 2 nitrogen and oxygen atoms in total. The Morgan fingerprint density at radius 1 is 0.250 bits per heavy atom. The average molecular weight is 901 g/mol.